The quantitative estimate of drug-likeness (QED) is 0.869. The molecule has 104 valence electrons. The maximum Gasteiger partial charge on any atom is 0.120 e. The standard InChI is InChI=1S/C15H23N3O/c1-11(10-18-13(3)8-12(2)17-18)9-16-14(4)15-6-5-7-19-15/h5-8,11,14,16H,9-10H2,1-4H3. The Morgan fingerprint density at radius 2 is 2.16 bits per heavy atom. The molecule has 0 saturated carbocycles. The lowest BCUT2D eigenvalue weighted by atomic mass is 10.1. The molecule has 2 heterocycles. The number of nitrogens with one attached hydrogen (secondary N) is 1. The Morgan fingerprint density at radius 1 is 1.37 bits per heavy atom. The van der Waals surface area contributed by atoms with Crippen molar-refractivity contribution >= 4 is 0 Å². The molecule has 2 aromatic heterocycles. The summed E-state index contributed by atoms with van der Waals surface area (Å²) < 4.78 is 7.47. The molecule has 2 rings (SSSR count). The maximum absolute atomic E-state index is 5.39. The molecule has 1 N–H and O–H groups in total. The third-order valence-corrected chi connectivity index (χ3v) is 3.33. The van der Waals surface area contributed by atoms with E-state index in [-0.39, 0.29) is 6.04 Å². The summed E-state index contributed by atoms with van der Waals surface area (Å²) in [4.78, 5) is 0. The predicted molar refractivity (Wildman–Crippen MR) is 76.0 cm³/mol. The van der Waals surface area contributed by atoms with Crippen LogP contribution in [-0.2, 0) is 6.54 Å². The molecule has 0 aromatic carbocycles. The minimum Gasteiger partial charge on any atom is -0.468 e. The number of hydrogen-bond donors (Lipinski definition) is 1. The van der Waals surface area contributed by atoms with Crippen molar-refractivity contribution in [2.75, 3.05) is 6.54 Å². The predicted octanol–water partition coefficient (Wildman–Crippen LogP) is 3.08. The van der Waals surface area contributed by atoms with Crippen LogP contribution < -0.4 is 5.32 Å². The molecule has 19 heavy (non-hydrogen) atoms. The second kappa shape index (κ2) is 6.06. The van der Waals surface area contributed by atoms with Gasteiger partial charge < -0.3 is 9.73 Å². The van der Waals surface area contributed by atoms with Crippen LogP contribution in [0.5, 0.6) is 0 Å². The number of nitrogens with zero attached hydrogens (tertiary/aromatic N) is 2. The molecule has 0 aliphatic carbocycles. The second-order valence-corrected chi connectivity index (χ2v) is 5.36. The second-order valence-electron chi connectivity index (χ2n) is 5.36. The first-order valence-corrected chi connectivity index (χ1v) is 6.84. The van der Waals surface area contributed by atoms with E-state index in [4.69, 9.17) is 4.42 Å². The van der Waals surface area contributed by atoms with Gasteiger partial charge in [-0.05, 0) is 44.9 Å². The van der Waals surface area contributed by atoms with Crippen molar-refractivity contribution in [1.82, 2.24) is 15.1 Å². The van der Waals surface area contributed by atoms with Crippen LogP contribution in [0.1, 0.15) is 37.0 Å². The average Bonchev–Trinajstić information content (AvgIpc) is 2.97. The van der Waals surface area contributed by atoms with Crippen LogP contribution >= 0.6 is 0 Å². The molecule has 0 aliphatic heterocycles. The van der Waals surface area contributed by atoms with Gasteiger partial charge >= 0.3 is 0 Å². The summed E-state index contributed by atoms with van der Waals surface area (Å²) in [6, 6.07) is 6.29. The van der Waals surface area contributed by atoms with Crippen molar-refractivity contribution in [3.8, 4) is 0 Å². The van der Waals surface area contributed by atoms with Gasteiger partial charge in [0.25, 0.3) is 0 Å². The Kier molecular flexibility index (Phi) is 4.43. The molecule has 0 saturated heterocycles. The number of aryl methyl sites for hydroxylation is 2. The van der Waals surface area contributed by atoms with Crippen LogP contribution in [0.4, 0.5) is 0 Å². The van der Waals surface area contributed by atoms with E-state index in [0.717, 1.165) is 24.5 Å². The van der Waals surface area contributed by atoms with E-state index in [2.05, 4.69) is 41.9 Å². The van der Waals surface area contributed by atoms with Gasteiger partial charge in [-0.1, -0.05) is 6.92 Å². The highest BCUT2D eigenvalue weighted by molar-refractivity contribution is 5.06. The van der Waals surface area contributed by atoms with Gasteiger partial charge in [0.2, 0.25) is 0 Å². The molecule has 0 amide bonds. The molecule has 0 bridgehead atoms. The summed E-state index contributed by atoms with van der Waals surface area (Å²) in [6.07, 6.45) is 1.72. The molecule has 4 nitrogen and oxygen atoms in total. The highest BCUT2D eigenvalue weighted by atomic mass is 16.3. The van der Waals surface area contributed by atoms with Crippen LogP contribution in [0.2, 0.25) is 0 Å². The smallest absolute Gasteiger partial charge is 0.120 e. The fourth-order valence-corrected chi connectivity index (χ4v) is 2.24. The lowest BCUT2D eigenvalue weighted by Gasteiger charge is -2.17. The molecular weight excluding hydrogens is 238 g/mol. The largest absolute Gasteiger partial charge is 0.468 e. The van der Waals surface area contributed by atoms with Gasteiger partial charge in [0.15, 0.2) is 0 Å². The molecule has 2 aromatic rings. The number of furan rings is 1. The fourth-order valence-electron chi connectivity index (χ4n) is 2.24. The van der Waals surface area contributed by atoms with Crippen molar-refractivity contribution in [3.63, 3.8) is 0 Å². The normalized spacial score (nSPS) is 14.5. The van der Waals surface area contributed by atoms with Gasteiger partial charge in [-0.3, -0.25) is 4.68 Å². The van der Waals surface area contributed by atoms with E-state index in [9.17, 15) is 0 Å². The molecule has 0 spiro atoms. The van der Waals surface area contributed by atoms with Crippen LogP contribution in [0.3, 0.4) is 0 Å². The molecule has 0 aliphatic rings. The van der Waals surface area contributed by atoms with Crippen LogP contribution in [0.25, 0.3) is 0 Å². The van der Waals surface area contributed by atoms with E-state index in [1.807, 2.05) is 19.1 Å². The summed E-state index contributed by atoms with van der Waals surface area (Å²) in [5, 5.41) is 7.99. The topological polar surface area (TPSA) is 43.0 Å². The first-order chi connectivity index (χ1) is 9.06. The summed E-state index contributed by atoms with van der Waals surface area (Å²) in [5.41, 5.74) is 2.31. The lowest BCUT2D eigenvalue weighted by Crippen LogP contribution is -2.27. The monoisotopic (exact) mass is 261 g/mol. The van der Waals surface area contributed by atoms with Gasteiger partial charge in [-0.25, -0.2) is 0 Å². The number of aromatic nitrogens is 2. The van der Waals surface area contributed by atoms with E-state index in [1.54, 1.807) is 6.26 Å². The average molecular weight is 261 g/mol. The van der Waals surface area contributed by atoms with Crippen molar-refractivity contribution in [2.24, 2.45) is 5.92 Å². The number of rotatable bonds is 6. The maximum atomic E-state index is 5.39. The van der Waals surface area contributed by atoms with Gasteiger partial charge in [-0.15, -0.1) is 0 Å². The van der Waals surface area contributed by atoms with Crippen molar-refractivity contribution in [3.05, 3.63) is 41.6 Å². The zero-order valence-electron chi connectivity index (χ0n) is 12.2. The Bertz CT molecular complexity index is 501. The lowest BCUT2D eigenvalue weighted by molar-refractivity contribution is 0.371. The molecule has 0 fully saturated rings. The third-order valence-electron chi connectivity index (χ3n) is 3.33. The molecule has 2 atom stereocenters. The summed E-state index contributed by atoms with van der Waals surface area (Å²) in [5.74, 6) is 1.51. The Hall–Kier alpha value is -1.55. The van der Waals surface area contributed by atoms with Crippen molar-refractivity contribution < 1.29 is 4.42 Å². The van der Waals surface area contributed by atoms with Crippen LogP contribution in [-0.4, -0.2) is 16.3 Å². The summed E-state index contributed by atoms with van der Waals surface area (Å²) >= 11 is 0. The van der Waals surface area contributed by atoms with Gasteiger partial charge in [0, 0.05) is 18.8 Å². The molecule has 0 radical (unpaired) electrons. The number of hydrogen-bond acceptors (Lipinski definition) is 3. The minimum absolute atomic E-state index is 0.248. The highest BCUT2D eigenvalue weighted by Gasteiger charge is 2.11. The Morgan fingerprint density at radius 3 is 2.74 bits per heavy atom. The Balaban J connectivity index is 1.81. The molecule has 4 heteroatoms. The SMILES string of the molecule is Cc1cc(C)n(CC(C)CNC(C)c2ccco2)n1. The highest BCUT2D eigenvalue weighted by Crippen LogP contribution is 2.13. The molecule has 2 unspecified atom stereocenters. The van der Waals surface area contributed by atoms with E-state index in [1.165, 1.54) is 5.69 Å². The van der Waals surface area contributed by atoms with E-state index < -0.39 is 0 Å². The van der Waals surface area contributed by atoms with E-state index in [0.29, 0.717) is 5.92 Å². The van der Waals surface area contributed by atoms with Crippen molar-refractivity contribution in [1.29, 1.82) is 0 Å². The van der Waals surface area contributed by atoms with Gasteiger partial charge in [0.1, 0.15) is 5.76 Å². The van der Waals surface area contributed by atoms with Crippen LogP contribution in [0.15, 0.2) is 28.9 Å². The Labute approximate surface area is 114 Å². The summed E-state index contributed by atoms with van der Waals surface area (Å²) in [7, 11) is 0. The minimum atomic E-state index is 0.248. The first-order valence-electron chi connectivity index (χ1n) is 6.84. The van der Waals surface area contributed by atoms with Crippen LogP contribution in [0, 0.1) is 19.8 Å². The van der Waals surface area contributed by atoms with Crippen molar-refractivity contribution in [2.45, 2.75) is 40.3 Å². The molecular formula is C15H23N3O. The van der Waals surface area contributed by atoms with Gasteiger partial charge in [-0.2, -0.15) is 5.10 Å². The summed E-state index contributed by atoms with van der Waals surface area (Å²) in [6.45, 7) is 10.4. The zero-order chi connectivity index (χ0) is 13.8. The zero-order valence-corrected chi connectivity index (χ0v) is 12.2. The fraction of sp³-hybridized carbons (Fsp3) is 0.533. The van der Waals surface area contributed by atoms with E-state index >= 15 is 0 Å². The third kappa shape index (κ3) is 3.70. The first kappa shape index (κ1) is 13.9. The van der Waals surface area contributed by atoms with Gasteiger partial charge in [0.05, 0.1) is 18.0 Å².